The fourth-order valence-electron chi connectivity index (χ4n) is 1.96. The van der Waals surface area contributed by atoms with Crippen molar-refractivity contribution in [1.29, 1.82) is 0 Å². The van der Waals surface area contributed by atoms with Crippen LogP contribution in [0.25, 0.3) is 0 Å². The molecule has 2 rings (SSSR count). The molecular weight excluding hydrogens is 212 g/mol. The molecule has 84 valence electrons. The highest BCUT2D eigenvalue weighted by molar-refractivity contribution is 6.16. The summed E-state index contributed by atoms with van der Waals surface area (Å²) in [5.74, 6) is 1.24. The smallest absolute Gasteiger partial charge is 0.297 e. The van der Waals surface area contributed by atoms with Crippen LogP contribution in [-0.2, 0) is 5.88 Å². The molecule has 3 nitrogen and oxygen atoms in total. The lowest BCUT2D eigenvalue weighted by Crippen LogP contribution is -2.24. The molecule has 1 fully saturated rings. The van der Waals surface area contributed by atoms with Gasteiger partial charge in [-0.15, -0.1) is 11.6 Å². The van der Waals surface area contributed by atoms with Gasteiger partial charge >= 0.3 is 0 Å². The highest BCUT2D eigenvalue weighted by Crippen LogP contribution is 2.22. The van der Waals surface area contributed by atoms with Crippen molar-refractivity contribution in [2.75, 3.05) is 18.0 Å². The molecule has 15 heavy (non-hydrogen) atoms. The summed E-state index contributed by atoms with van der Waals surface area (Å²) in [6.45, 7) is 4.40. The average Bonchev–Trinajstić information content (AvgIpc) is 2.62. The minimum Gasteiger partial charge on any atom is -0.432 e. The highest BCUT2D eigenvalue weighted by atomic mass is 35.5. The summed E-state index contributed by atoms with van der Waals surface area (Å²) < 4.78 is 5.42. The Morgan fingerprint density at radius 2 is 2.40 bits per heavy atom. The molecule has 0 spiro atoms. The number of rotatable bonds is 2. The summed E-state index contributed by atoms with van der Waals surface area (Å²) >= 11 is 5.69. The van der Waals surface area contributed by atoms with Gasteiger partial charge in [-0.3, -0.25) is 0 Å². The predicted molar refractivity (Wildman–Crippen MR) is 61.3 cm³/mol. The van der Waals surface area contributed by atoms with Crippen molar-refractivity contribution < 1.29 is 4.42 Å². The first-order valence-electron chi connectivity index (χ1n) is 5.55. The van der Waals surface area contributed by atoms with Gasteiger partial charge < -0.3 is 9.32 Å². The second kappa shape index (κ2) is 4.88. The first kappa shape index (κ1) is 10.8. The second-order valence-corrected chi connectivity index (χ2v) is 4.55. The van der Waals surface area contributed by atoms with Crippen LogP contribution in [-0.4, -0.2) is 18.1 Å². The van der Waals surface area contributed by atoms with Crippen LogP contribution in [0, 0.1) is 5.92 Å². The maximum atomic E-state index is 5.69. The topological polar surface area (TPSA) is 29.3 Å². The molecule has 1 aliphatic rings. The van der Waals surface area contributed by atoms with Crippen molar-refractivity contribution in [1.82, 2.24) is 4.98 Å². The van der Waals surface area contributed by atoms with Gasteiger partial charge in [-0.25, -0.2) is 0 Å². The Labute approximate surface area is 95.4 Å². The summed E-state index contributed by atoms with van der Waals surface area (Å²) in [5, 5.41) is 0. The number of aromatic nitrogens is 1. The molecule has 0 aromatic carbocycles. The van der Waals surface area contributed by atoms with Crippen LogP contribution in [0.15, 0.2) is 10.7 Å². The van der Waals surface area contributed by atoms with Crippen LogP contribution in [0.5, 0.6) is 0 Å². The number of oxazole rings is 1. The van der Waals surface area contributed by atoms with E-state index < -0.39 is 0 Å². The molecule has 0 N–H and O–H groups in total. The van der Waals surface area contributed by atoms with Crippen molar-refractivity contribution in [3.8, 4) is 0 Å². The average molecular weight is 229 g/mol. The molecule has 0 aliphatic carbocycles. The van der Waals surface area contributed by atoms with Gasteiger partial charge in [-0.1, -0.05) is 6.92 Å². The molecular formula is C11H17ClN2O. The van der Waals surface area contributed by atoms with E-state index in [1.165, 1.54) is 19.3 Å². The van der Waals surface area contributed by atoms with Crippen LogP contribution in [0.2, 0.25) is 0 Å². The lowest BCUT2D eigenvalue weighted by molar-refractivity contribution is 0.514. The van der Waals surface area contributed by atoms with E-state index in [9.17, 15) is 0 Å². The van der Waals surface area contributed by atoms with E-state index in [0.717, 1.165) is 30.7 Å². The van der Waals surface area contributed by atoms with Crippen LogP contribution in [0.1, 0.15) is 31.9 Å². The number of nitrogens with zero attached hydrogens (tertiary/aromatic N) is 2. The summed E-state index contributed by atoms with van der Waals surface area (Å²) in [5.41, 5.74) is 0.823. The zero-order chi connectivity index (χ0) is 10.7. The standard InChI is InChI=1S/C11H17ClN2O/c1-9-3-2-5-14(6-4-9)11-13-10(7-12)8-15-11/h8-9H,2-7H2,1H3. The Balaban J connectivity index is 2.03. The molecule has 4 heteroatoms. The fourth-order valence-corrected chi connectivity index (χ4v) is 2.08. The molecule has 0 saturated carbocycles. The minimum atomic E-state index is 0.424. The van der Waals surface area contributed by atoms with Crippen LogP contribution < -0.4 is 4.90 Å². The number of hydrogen-bond donors (Lipinski definition) is 0. The van der Waals surface area contributed by atoms with Crippen molar-refractivity contribution in [2.45, 2.75) is 32.1 Å². The van der Waals surface area contributed by atoms with Crippen molar-refractivity contribution in [3.05, 3.63) is 12.0 Å². The lowest BCUT2D eigenvalue weighted by atomic mass is 10.0. The third-order valence-corrected chi connectivity index (χ3v) is 3.24. The van der Waals surface area contributed by atoms with E-state index in [0.29, 0.717) is 5.88 Å². The molecule has 0 radical (unpaired) electrons. The Kier molecular flexibility index (Phi) is 3.52. The normalized spacial score (nSPS) is 22.8. The SMILES string of the molecule is CC1CCCN(c2nc(CCl)co2)CC1. The zero-order valence-corrected chi connectivity index (χ0v) is 9.83. The van der Waals surface area contributed by atoms with E-state index in [1.807, 2.05) is 0 Å². The summed E-state index contributed by atoms with van der Waals surface area (Å²) in [7, 11) is 0. The van der Waals surface area contributed by atoms with Crippen molar-refractivity contribution >= 4 is 17.6 Å². The van der Waals surface area contributed by atoms with Gasteiger partial charge in [0, 0.05) is 13.1 Å². The summed E-state index contributed by atoms with van der Waals surface area (Å²) in [4.78, 5) is 6.57. The molecule has 1 aliphatic heterocycles. The number of halogens is 1. The monoisotopic (exact) mass is 228 g/mol. The molecule has 0 bridgehead atoms. The predicted octanol–water partition coefficient (Wildman–Crippen LogP) is 3.04. The van der Waals surface area contributed by atoms with Gasteiger partial charge in [0.2, 0.25) is 0 Å². The van der Waals surface area contributed by atoms with E-state index in [4.69, 9.17) is 16.0 Å². The molecule has 1 aromatic heterocycles. The van der Waals surface area contributed by atoms with Crippen LogP contribution >= 0.6 is 11.6 Å². The van der Waals surface area contributed by atoms with E-state index in [-0.39, 0.29) is 0 Å². The van der Waals surface area contributed by atoms with Crippen molar-refractivity contribution in [3.63, 3.8) is 0 Å². The molecule has 1 atom stereocenters. The summed E-state index contributed by atoms with van der Waals surface area (Å²) in [6, 6.07) is 0.736. The van der Waals surface area contributed by atoms with Crippen molar-refractivity contribution in [2.24, 2.45) is 5.92 Å². The minimum absolute atomic E-state index is 0.424. The third-order valence-electron chi connectivity index (χ3n) is 2.96. The van der Waals surface area contributed by atoms with E-state index in [1.54, 1.807) is 6.26 Å². The zero-order valence-electron chi connectivity index (χ0n) is 9.08. The van der Waals surface area contributed by atoms with E-state index >= 15 is 0 Å². The van der Waals surface area contributed by atoms with Gasteiger partial charge in [-0.05, 0) is 25.2 Å². The fraction of sp³-hybridized carbons (Fsp3) is 0.727. The van der Waals surface area contributed by atoms with Crippen LogP contribution in [0.4, 0.5) is 6.01 Å². The maximum absolute atomic E-state index is 5.69. The van der Waals surface area contributed by atoms with E-state index in [2.05, 4.69) is 16.8 Å². The maximum Gasteiger partial charge on any atom is 0.297 e. The third kappa shape index (κ3) is 2.65. The Bertz CT molecular complexity index is 313. The Morgan fingerprint density at radius 3 is 3.13 bits per heavy atom. The van der Waals surface area contributed by atoms with Gasteiger partial charge in [0.25, 0.3) is 6.01 Å². The first-order valence-corrected chi connectivity index (χ1v) is 6.08. The quantitative estimate of drug-likeness (QED) is 0.729. The number of anilines is 1. The highest BCUT2D eigenvalue weighted by Gasteiger charge is 2.17. The lowest BCUT2D eigenvalue weighted by Gasteiger charge is -2.17. The van der Waals surface area contributed by atoms with Gasteiger partial charge in [0.05, 0.1) is 11.6 Å². The first-order chi connectivity index (χ1) is 7.29. The summed E-state index contributed by atoms with van der Waals surface area (Å²) in [6.07, 6.45) is 5.40. The number of alkyl halides is 1. The molecule has 1 saturated heterocycles. The molecule has 1 aromatic rings. The number of hydrogen-bond acceptors (Lipinski definition) is 3. The Morgan fingerprint density at radius 1 is 1.53 bits per heavy atom. The van der Waals surface area contributed by atoms with Gasteiger partial charge in [-0.2, -0.15) is 4.98 Å². The molecule has 1 unspecified atom stereocenters. The van der Waals surface area contributed by atoms with Crippen LogP contribution in [0.3, 0.4) is 0 Å². The van der Waals surface area contributed by atoms with Gasteiger partial charge in [0.15, 0.2) is 0 Å². The largest absolute Gasteiger partial charge is 0.432 e. The Hall–Kier alpha value is -0.700. The molecule has 0 amide bonds. The molecule has 2 heterocycles. The van der Waals surface area contributed by atoms with Gasteiger partial charge in [0.1, 0.15) is 6.26 Å². The second-order valence-electron chi connectivity index (χ2n) is 4.28.